The first-order valence-electron chi connectivity index (χ1n) is 6.17. The lowest BCUT2D eigenvalue weighted by molar-refractivity contribution is 0.0954. The first-order valence-corrected chi connectivity index (χ1v) is 6.17. The second kappa shape index (κ2) is 7.32. The Morgan fingerprint density at radius 1 is 1.20 bits per heavy atom. The van der Waals surface area contributed by atoms with Crippen LogP contribution in [-0.2, 0) is 0 Å². The Balaban J connectivity index is 2.52. The summed E-state index contributed by atoms with van der Waals surface area (Å²) in [4.78, 5) is 24.6. The van der Waals surface area contributed by atoms with E-state index in [0.717, 1.165) is 0 Å². The molecule has 0 radical (unpaired) electrons. The van der Waals surface area contributed by atoms with Gasteiger partial charge in [0.2, 0.25) is 0 Å². The maximum absolute atomic E-state index is 13.5. The van der Waals surface area contributed by atoms with E-state index >= 15 is 0 Å². The molecule has 1 aromatic rings. The van der Waals surface area contributed by atoms with Crippen molar-refractivity contribution in [3.8, 4) is 0 Å². The number of nitrogens with zero attached hydrogens (tertiary/aromatic N) is 1. The average molecular weight is 282 g/mol. The third-order valence-electron chi connectivity index (χ3n) is 2.60. The number of rotatable bonds is 5. The van der Waals surface area contributed by atoms with Gasteiger partial charge in [0.05, 0.1) is 11.3 Å². The second-order valence-corrected chi connectivity index (χ2v) is 4.29. The van der Waals surface area contributed by atoms with Gasteiger partial charge in [-0.1, -0.05) is 6.07 Å². The van der Waals surface area contributed by atoms with Gasteiger partial charge in [-0.3, -0.25) is 4.79 Å². The van der Waals surface area contributed by atoms with Crippen molar-refractivity contribution in [3.05, 3.63) is 29.6 Å². The molecule has 3 amide bonds. The fourth-order valence-electron chi connectivity index (χ4n) is 1.57. The van der Waals surface area contributed by atoms with Gasteiger partial charge in [-0.05, 0) is 12.1 Å². The number of carbonyl (C=O) groups is 2. The summed E-state index contributed by atoms with van der Waals surface area (Å²) in [6.07, 6.45) is 0. The minimum absolute atomic E-state index is 0.155. The number of nitrogens with one attached hydrogen (secondary N) is 3. The Labute approximate surface area is 117 Å². The summed E-state index contributed by atoms with van der Waals surface area (Å²) in [6, 6.07) is 4.04. The van der Waals surface area contributed by atoms with Crippen molar-refractivity contribution in [2.45, 2.75) is 0 Å². The molecule has 0 heterocycles. The Bertz CT molecular complexity index is 491. The highest BCUT2D eigenvalue weighted by Gasteiger charge is 2.13. The van der Waals surface area contributed by atoms with Crippen LogP contribution < -0.4 is 16.0 Å². The van der Waals surface area contributed by atoms with E-state index in [1.54, 1.807) is 21.1 Å². The van der Waals surface area contributed by atoms with Crippen LogP contribution >= 0.6 is 0 Å². The number of carbonyl (C=O) groups excluding carboxylic acids is 2. The number of benzene rings is 1. The van der Waals surface area contributed by atoms with Crippen molar-refractivity contribution in [1.29, 1.82) is 0 Å². The van der Waals surface area contributed by atoms with Crippen LogP contribution in [0.25, 0.3) is 0 Å². The monoisotopic (exact) mass is 282 g/mol. The molecule has 6 nitrogen and oxygen atoms in total. The fourth-order valence-corrected chi connectivity index (χ4v) is 1.57. The van der Waals surface area contributed by atoms with Crippen molar-refractivity contribution in [1.82, 2.24) is 15.5 Å². The van der Waals surface area contributed by atoms with Gasteiger partial charge in [0.1, 0.15) is 5.82 Å². The standard InChI is InChI=1S/C13H19FN4O2/c1-15-11-9(5-4-6-10(11)14)12(19)16-7-8-17-13(20)18(2)3/h4-6,15H,7-8H2,1-3H3,(H,16,19)(H,17,20). The predicted octanol–water partition coefficient (Wildman–Crippen LogP) is 0.868. The van der Waals surface area contributed by atoms with E-state index in [4.69, 9.17) is 0 Å². The molecule has 1 rings (SSSR count). The molecule has 0 atom stereocenters. The van der Waals surface area contributed by atoms with E-state index in [-0.39, 0.29) is 23.8 Å². The molecule has 0 unspecified atom stereocenters. The minimum atomic E-state index is -0.485. The van der Waals surface area contributed by atoms with Crippen LogP contribution in [0, 0.1) is 5.82 Å². The molecule has 0 spiro atoms. The summed E-state index contributed by atoms with van der Waals surface area (Å²) in [5.41, 5.74) is 0.383. The van der Waals surface area contributed by atoms with Gasteiger partial charge < -0.3 is 20.9 Å². The van der Waals surface area contributed by atoms with Crippen molar-refractivity contribution in [2.75, 3.05) is 39.5 Å². The number of amides is 3. The van der Waals surface area contributed by atoms with Gasteiger partial charge in [0.25, 0.3) is 5.91 Å². The van der Waals surface area contributed by atoms with E-state index in [1.165, 1.54) is 23.1 Å². The summed E-state index contributed by atoms with van der Waals surface area (Å²) in [6.45, 7) is 0.561. The molecule has 0 saturated carbocycles. The molecule has 110 valence electrons. The van der Waals surface area contributed by atoms with Crippen LogP contribution in [0.15, 0.2) is 18.2 Å². The van der Waals surface area contributed by atoms with Crippen LogP contribution in [-0.4, -0.2) is 51.1 Å². The van der Waals surface area contributed by atoms with E-state index in [2.05, 4.69) is 16.0 Å². The smallest absolute Gasteiger partial charge is 0.316 e. The summed E-state index contributed by atoms with van der Waals surface area (Å²) in [5.74, 6) is -0.881. The van der Waals surface area contributed by atoms with E-state index < -0.39 is 11.7 Å². The molecule has 0 aromatic heterocycles. The molecule has 0 aliphatic heterocycles. The fraction of sp³-hybridized carbons (Fsp3) is 0.385. The number of hydrogen-bond acceptors (Lipinski definition) is 3. The lowest BCUT2D eigenvalue weighted by Gasteiger charge is -2.13. The molecule has 20 heavy (non-hydrogen) atoms. The maximum Gasteiger partial charge on any atom is 0.316 e. The average Bonchev–Trinajstić information content (AvgIpc) is 2.42. The Kier molecular flexibility index (Phi) is 5.76. The van der Waals surface area contributed by atoms with Gasteiger partial charge in [-0.25, -0.2) is 9.18 Å². The van der Waals surface area contributed by atoms with Gasteiger partial charge in [0, 0.05) is 34.2 Å². The Morgan fingerprint density at radius 3 is 2.45 bits per heavy atom. The highest BCUT2D eigenvalue weighted by atomic mass is 19.1. The highest BCUT2D eigenvalue weighted by molar-refractivity contribution is 5.99. The Hall–Kier alpha value is -2.31. The molecule has 0 aliphatic rings. The number of halogens is 1. The molecular weight excluding hydrogens is 263 g/mol. The zero-order valence-electron chi connectivity index (χ0n) is 11.8. The third-order valence-corrected chi connectivity index (χ3v) is 2.60. The first kappa shape index (κ1) is 15.7. The van der Waals surface area contributed by atoms with E-state index in [1.807, 2.05) is 0 Å². The summed E-state index contributed by atoms with van der Waals surface area (Å²) in [5, 5.41) is 7.88. The van der Waals surface area contributed by atoms with Gasteiger partial charge in [-0.15, -0.1) is 0 Å². The Morgan fingerprint density at radius 2 is 1.85 bits per heavy atom. The normalized spacial score (nSPS) is 9.80. The summed E-state index contributed by atoms with van der Waals surface area (Å²) >= 11 is 0. The first-order chi connectivity index (χ1) is 9.47. The van der Waals surface area contributed by atoms with Crippen molar-refractivity contribution in [2.24, 2.45) is 0 Å². The van der Waals surface area contributed by atoms with Crippen LogP contribution in [0.5, 0.6) is 0 Å². The lowest BCUT2D eigenvalue weighted by atomic mass is 10.1. The maximum atomic E-state index is 13.5. The number of anilines is 1. The zero-order chi connectivity index (χ0) is 15.1. The SMILES string of the molecule is CNc1c(F)cccc1C(=O)NCCNC(=O)N(C)C. The minimum Gasteiger partial charge on any atom is -0.385 e. The molecule has 3 N–H and O–H groups in total. The summed E-state index contributed by atoms with van der Waals surface area (Å²) < 4.78 is 13.5. The van der Waals surface area contributed by atoms with Crippen molar-refractivity contribution < 1.29 is 14.0 Å². The molecule has 0 bridgehead atoms. The van der Waals surface area contributed by atoms with Gasteiger partial charge >= 0.3 is 6.03 Å². The van der Waals surface area contributed by atoms with Crippen molar-refractivity contribution >= 4 is 17.6 Å². The molecular formula is C13H19FN4O2. The largest absolute Gasteiger partial charge is 0.385 e. The number of para-hydroxylation sites is 1. The second-order valence-electron chi connectivity index (χ2n) is 4.29. The molecule has 0 saturated heterocycles. The predicted molar refractivity (Wildman–Crippen MR) is 75.4 cm³/mol. The quantitative estimate of drug-likeness (QED) is 0.702. The van der Waals surface area contributed by atoms with Crippen LogP contribution in [0.2, 0.25) is 0 Å². The molecule has 0 aliphatic carbocycles. The molecule has 7 heteroatoms. The van der Waals surface area contributed by atoms with Crippen LogP contribution in [0.3, 0.4) is 0 Å². The van der Waals surface area contributed by atoms with E-state index in [0.29, 0.717) is 6.54 Å². The molecule has 1 aromatic carbocycles. The topological polar surface area (TPSA) is 73.5 Å². The molecule has 0 fully saturated rings. The summed E-state index contributed by atoms with van der Waals surface area (Å²) in [7, 11) is 4.80. The van der Waals surface area contributed by atoms with Crippen LogP contribution in [0.1, 0.15) is 10.4 Å². The zero-order valence-corrected chi connectivity index (χ0v) is 11.8. The highest BCUT2D eigenvalue weighted by Crippen LogP contribution is 2.18. The van der Waals surface area contributed by atoms with Gasteiger partial charge in [0.15, 0.2) is 0 Å². The number of hydrogen-bond donors (Lipinski definition) is 3. The lowest BCUT2D eigenvalue weighted by Crippen LogP contribution is -2.39. The van der Waals surface area contributed by atoms with Crippen molar-refractivity contribution in [3.63, 3.8) is 0 Å². The van der Waals surface area contributed by atoms with E-state index in [9.17, 15) is 14.0 Å². The van der Waals surface area contributed by atoms with Gasteiger partial charge in [-0.2, -0.15) is 0 Å². The third kappa shape index (κ3) is 4.11. The van der Waals surface area contributed by atoms with Crippen LogP contribution in [0.4, 0.5) is 14.9 Å². The number of urea groups is 1.